The van der Waals surface area contributed by atoms with Crippen LogP contribution in [-0.4, -0.2) is 27.8 Å². The van der Waals surface area contributed by atoms with Crippen molar-refractivity contribution in [3.63, 3.8) is 0 Å². The fourth-order valence-electron chi connectivity index (χ4n) is 4.52. The first-order valence-corrected chi connectivity index (χ1v) is 12.0. The smallest absolute Gasteiger partial charge is 0.335 e. The maximum atomic E-state index is 11.3. The molecule has 2 aromatic carbocycles. The fourth-order valence-corrected chi connectivity index (χ4v) is 4.87. The van der Waals surface area contributed by atoms with Gasteiger partial charge in [0.25, 0.3) is 0 Å². The highest BCUT2D eigenvalue weighted by molar-refractivity contribution is 7.80. The van der Waals surface area contributed by atoms with Crippen molar-refractivity contribution in [2.45, 2.75) is 25.9 Å². The Hall–Kier alpha value is -4.17. The van der Waals surface area contributed by atoms with E-state index in [-0.39, 0.29) is 17.6 Å². The van der Waals surface area contributed by atoms with Gasteiger partial charge < -0.3 is 24.5 Å². The molecule has 5 rings (SSSR count). The number of aryl methyl sites for hydroxylation is 1. The third-order valence-electron chi connectivity index (χ3n) is 6.18. The summed E-state index contributed by atoms with van der Waals surface area (Å²) < 4.78 is 12.0. The van der Waals surface area contributed by atoms with E-state index >= 15 is 0 Å². The monoisotopic (exact) mass is 499 g/mol. The number of aromatic carboxylic acids is 1. The first-order chi connectivity index (χ1) is 17.5. The summed E-state index contributed by atoms with van der Waals surface area (Å²) in [4.78, 5) is 18.0. The highest BCUT2D eigenvalue weighted by Crippen LogP contribution is 2.43. The minimum Gasteiger partial charge on any atom is -0.494 e. The topological polar surface area (TPSA) is 87.8 Å². The van der Waals surface area contributed by atoms with Crippen LogP contribution in [-0.2, 0) is 0 Å². The molecule has 8 heteroatoms. The van der Waals surface area contributed by atoms with Crippen LogP contribution in [0.5, 0.6) is 5.75 Å². The van der Waals surface area contributed by atoms with E-state index in [0.29, 0.717) is 23.2 Å². The molecular weight excluding hydrogens is 474 g/mol. The van der Waals surface area contributed by atoms with Gasteiger partial charge in [0.1, 0.15) is 23.3 Å². The summed E-state index contributed by atoms with van der Waals surface area (Å²) in [6, 6.07) is 21.9. The highest BCUT2D eigenvalue weighted by atomic mass is 32.1. The molecule has 0 unspecified atom stereocenters. The number of carbonyl (C=O) groups is 1. The molecule has 0 aliphatic carbocycles. The van der Waals surface area contributed by atoms with Crippen molar-refractivity contribution in [3.05, 3.63) is 102 Å². The van der Waals surface area contributed by atoms with Crippen LogP contribution in [0.15, 0.2) is 83.4 Å². The molecule has 2 N–H and O–H groups in total. The van der Waals surface area contributed by atoms with Crippen LogP contribution in [0, 0.1) is 6.92 Å². The van der Waals surface area contributed by atoms with Gasteiger partial charge in [0.05, 0.1) is 23.9 Å². The lowest BCUT2D eigenvalue weighted by Crippen LogP contribution is -2.29. The number of hydrogen-bond acceptors (Lipinski definition) is 5. The highest BCUT2D eigenvalue weighted by Gasteiger charge is 2.42. The number of hydrogen-bond donors (Lipinski definition) is 2. The van der Waals surface area contributed by atoms with Gasteiger partial charge in [0.15, 0.2) is 5.11 Å². The summed E-state index contributed by atoms with van der Waals surface area (Å²) in [5.74, 6) is 1.20. The maximum absolute atomic E-state index is 11.3. The van der Waals surface area contributed by atoms with Crippen molar-refractivity contribution in [2.75, 3.05) is 11.5 Å². The maximum Gasteiger partial charge on any atom is 0.335 e. The Labute approximate surface area is 214 Å². The molecule has 2 atom stereocenters. The SMILES string of the molecule is CCOc1ccc(N2C(=S)N[C@H](c3ccccn3)[C@@H]2c2ccc(-c3ccc(C(=O)O)cc3C)o2)cc1. The third kappa shape index (κ3) is 4.43. The Morgan fingerprint density at radius 2 is 1.94 bits per heavy atom. The number of nitrogens with one attached hydrogen (secondary N) is 1. The summed E-state index contributed by atoms with van der Waals surface area (Å²) >= 11 is 5.78. The van der Waals surface area contributed by atoms with Crippen molar-refractivity contribution >= 4 is 29.0 Å². The van der Waals surface area contributed by atoms with Crippen molar-refractivity contribution < 1.29 is 19.1 Å². The van der Waals surface area contributed by atoms with E-state index in [9.17, 15) is 9.90 Å². The zero-order valence-corrected chi connectivity index (χ0v) is 20.7. The average molecular weight is 500 g/mol. The molecule has 0 saturated carbocycles. The van der Waals surface area contributed by atoms with Crippen LogP contribution in [0.4, 0.5) is 5.69 Å². The summed E-state index contributed by atoms with van der Waals surface area (Å²) in [6.45, 7) is 4.42. The number of carboxylic acid groups (broad SMARTS) is 1. The van der Waals surface area contributed by atoms with E-state index in [4.69, 9.17) is 21.4 Å². The van der Waals surface area contributed by atoms with E-state index < -0.39 is 5.97 Å². The Morgan fingerprint density at radius 3 is 2.61 bits per heavy atom. The van der Waals surface area contributed by atoms with E-state index in [1.54, 1.807) is 24.4 Å². The van der Waals surface area contributed by atoms with Crippen molar-refractivity contribution in [1.82, 2.24) is 10.3 Å². The Balaban J connectivity index is 1.56. The molecule has 1 fully saturated rings. The molecule has 182 valence electrons. The number of carboxylic acids is 1. The standard InChI is InChI=1S/C28H25N3O4S/c1-3-34-20-10-8-19(9-11-20)31-26(25(30-28(31)36)22-6-4-5-15-29-22)24-14-13-23(35-24)21-12-7-18(27(32)33)16-17(21)2/h4-16,25-26H,3H2,1-2H3,(H,30,36)(H,32,33)/t25-,26+/m1/s1. The summed E-state index contributed by atoms with van der Waals surface area (Å²) in [5.41, 5.74) is 3.64. The quantitative estimate of drug-likeness (QED) is 0.303. The molecule has 0 amide bonds. The molecule has 0 radical (unpaired) electrons. The van der Waals surface area contributed by atoms with Crippen LogP contribution in [0.2, 0.25) is 0 Å². The van der Waals surface area contributed by atoms with Crippen LogP contribution < -0.4 is 15.0 Å². The largest absolute Gasteiger partial charge is 0.494 e. The molecule has 1 aliphatic heterocycles. The molecule has 0 spiro atoms. The van der Waals surface area contributed by atoms with E-state index in [0.717, 1.165) is 28.3 Å². The number of aromatic nitrogens is 1. The van der Waals surface area contributed by atoms with Gasteiger partial charge in [0, 0.05) is 17.4 Å². The second kappa shape index (κ2) is 9.83. The second-order valence-electron chi connectivity index (χ2n) is 8.46. The van der Waals surface area contributed by atoms with Crippen LogP contribution in [0.25, 0.3) is 11.3 Å². The number of furan rings is 1. The molecule has 0 bridgehead atoms. The minimum absolute atomic E-state index is 0.236. The van der Waals surface area contributed by atoms with Crippen LogP contribution in [0.1, 0.15) is 46.4 Å². The summed E-state index contributed by atoms with van der Waals surface area (Å²) in [5, 5.41) is 13.3. The van der Waals surface area contributed by atoms with Crippen molar-refractivity contribution in [1.29, 1.82) is 0 Å². The van der Waals surface area contributed by atoms with Crippen LogP contribution >= 0.6 is 12.2 Å². The fraction of sp³-hybridized carbons (Fsp3) is 0.179. The number of anilines is 1. The molecule has 7 nitrogen and oxygen atoms in total. The number of rotatable bonds is 7. The lowest BCUT2D eigenvalue weighted by molar-refractivity contribution is 0.0696. The third-order valence-corrected chi connectivity index (χ3v) is 6.50. The zero-order chi connectivity index (χ0) is 25.2. The lowest BCUT2D eigenvalue weighted by Gasteiger charge is -2.26. The van der Waals surface area contributed by atoms with Gasteiger partial charge in [-0.2, -0.15) is 0 Å². The Morgan fingerprint density at radius 1 is 1.14 bits per heavy atom. The van der Waals surface area contributed by atoms with E-state index in [2.05, 4.69) is 10.3 Å². The molecule has 1 aliphatic rings. The molecule has 3 heterocycles. The number of pyridine rings is 1. The lowest BCUT2D eigenvalue weighted by atomic mass is 10.0. The first-order valence-electron chi connectivity index (χ1n) is 11.6. The summed E-state index contributed by atoms with van der Waals surface area (Å²) in [6.07, 6.45) is 1.76. The predicted octanol–water partition coefficient (Wildman–Crippen LogP) is 5.92. The van der Waals surface area contributed by atoms with Gasteiger partial charge in [-0.15, -0.1) is 0 Å². The number of thiocarbonyl (C=S) groups is 1. The van der Waals surface area contributed by atoms with Crippen LogP contribution in [0.3, 0.4) is 0 Å². The molecule has 36 heavy (non-hydrogen) atoms. The van der Waals surface area contributed by atoms with Gasteiger partial charge in [-0.1, -0.05) is 12.1 Å². The van der Waals surface area contributed by atoms with Gasteiger partial charge in [0.2, 0.25) is 0 Å². The predicted molar refractivity (Wildman–Crippen MR) is 141 cm³/mol. The molecule has 4 aromatic rings. The normalized spacial score (nSPS) is 17.2. The van der Waals surface area contributed by atoms with Gasteiger partial charge in [-0.05, 0) is 92.3 Å². The first kappa shape index (κ1) is 23.6. The molecule has 2 aromatic heterocycles. The van der Waals surface area contributed by atoms with Crippen molar-refractivity contribution in [2.24, 2.45) is 0 Å². The molecular formula is C28H25N3O4S. The Kier molecular flexibility index (Phi) is 6.43. The summed E-state index contributed by atoms with van der Waals surface area (Å²) in [7, 11) is 0. The molecule has 1 saturated heterocycles. The van der Waals surface area contributed by atoms with Gasteiger partial charge in [-0.3, -0.25) is 4.98 Å². The number of benzene rings is 2. The minimum atomic E-state index is -0.959. The Bertz CT molecular complexity index is 1400. The second-order valence-corrected chi connectivity index (χ2v) is 8.85. The van der Waals surface area contributed by atoms with Gasteiger partial charge >= 0.3 is 5.97 Å². The van der Waals surface area contributed by atoms with E-state index in [1.807, 2.05) is 73.3 Å². The van der Waals surface area contributed by atoms with E-state index in [1.165, 1.54) is 0 Å². The average Bonchev–Trinajstić information content (AvgIpc) is 3.50. The zero-order valence-electron chi connectivity index (χ0n) is 19.8. The van der Waals surface area contributed by atoms with Crippen molar-refractivity contribution in [3.8, 4) is 17.1 Å². The number of nitrogens with zero attached hydrogens (tertiary/aromatic N) is 2. The van der Waals surface area contributed by atoms with Gasteiger partial charge in [-0.25, -0.2) is 4.79 Å². The number of ether oxygens (including phenoxy) is 1.